The Balaban J connectivity index is 1.58. The molecular formula is C17H23NO3. The molecule has 1 N–H and O–H groups in total. The molecule has 3 rings (SSSR count). The van der Waals surface area contributed by atoms with Gasteiger partial charge in [-0.25, -0.2) is 0 Å². The lowest BCUT2D eigenvalue weighted by molar-refractivity contribution is -0.126. The van der Waals surface area contributed by atoms with E-state index >= 15 is 0 Å². The molecule has 1 aromatic carbocycles. The normalized spacial score (nSPS) is 26.7. The molecule has 3 unspecified atom stereocenters. The van der Waals surface area contributed by atoms with Crippen molar-refractivity contribution in [1.82, 2.24) is 5.32 Å². The maximum Gasteiger partial charge on any atom is 0.223 e. The second-order valence-electron chi connectivity index (χ2n) is 6.19. The molecule has 0 spiro atoms. The van der Waals surface area contributed by atoms with Crippen molar-refractivity contribution in [2.24, 2.45) is 17.8 Å². The minimum atomic E-state index is 0.219. The number of amides is 1. The van der Waals surface area contributed by atoms with E-state index in [9.17, 15) is 4.79 Å². The summed E-state index contributed by atoms with van der Waals surface area (Å²) < 4.78 is 10.5. The lowest BCUT2D eigenvalue weighted by Crippen LogP contribution is -2.33. The minimum Gasteiger partial charge on any atom is -0.493 e. The van der Waals surface area contributed by atoms with E-state index < -0.39 is 0 Å². The van der Waals surface area contributed by atoms with Crippen LogP contribution in [0.25, 0.3) is 0 Å². The highest BCUT2D eigenvalue weighted by atomic mass is 16.5. The van der Waals surface area contributed by atoms with Gasteiger partial charge in [0.1, 0.15) is 0 Å². The van der Waals surface area contributed by atoms with Crippen LogP contribution in [0.4, 0.5) is 0 Å². The smallest absolute Gasteiger partial charge is 0.223 e. The Bertz CT molecular complexity index is 529. The SMILES string of the molecule is COc1ccc(CNC(=O)C2CC3CCC2C3)cc1OC. The van der Waals surface area contributed by atoms with E-state index in [4.69, 9.17) is 9.47 Å². The number of hydrogen-bond acceptors (Lipinski definition) is 3. The average Bonchev–Trinajstić information content (AvgIpc) is 3.15. The van der Waals surface area contributed by atoms with Gasteiger partial charge >= 0.3 is 0 Å². The number of fused-ring (bicyclic) bond motifs is 2. The number of ether oxygens (including phenoxy) is 2. The molecule has 0 heterocycles. The number of methoxy groups -OCH3 is 2. The van der Waals surface area contributed by atoms with Crippen molar-refractivity contribution in [2.75, 3.05) is 14.2 Å². The highest BCUT2D eigenvalue weighted by Gasteiger charge is 2.42. The van der Waals surface area contributed by atoms with Crippen LogP contribution in [0.1, 0.15) is 31.2 Å². The van der Waals surface area contributed by atoms with Gasteiger partial charge in [-0.3, -0.25) is 4.79 Å². The van der Waals surface area contributed by atoms with E-state index in [1.807, 2.05) is 18.2 Å². The number of hydrogen-bond donors (Lipinski definition) is 1. The molecule has 2 aliphatic rings. The summed E-state index contributed by atoms with van der Waals surface area (Å²) in [5.41, 5.74) is 1.03. The second-order valence-corrected chi connectivity index (χ2v) is 6.19. The first-order valence-corrected chi connectivity index (χ1v) is 7.70. The minimum absolute atomic E-state index is 0.219. The molecule has 2 saturated carbocycles. The van der Waals surface area contributed by atoms with Gasteiger partial charge in [0, 0.05) is 12.5 Å². The van der Waals surface area contributed by atoms with Crippen LogP contribution in [0, 0.1) is 17.8 Å². The Morgan fingerprint density at radius 1 is 1.19 bits per heavy atom. The van der Waals surface area contributed by atoms with Crippen LogP contribution < -0.4 is 14.8 Å². The molecule has 4 nitrogen and oxygen atoms in total. The number of rotatable bonds is 5. The van der Waals surface area contributed by atoms with E-state index in [2.05, 4.69) is 5.32 Å². The molecule has 2 fully saturated rings. The molecule has 2 bridgehead atoms. The number of nitrogens with one attached hydrogen (secondary N) is 1. The second kappa shape index (κ2) is 5.96. The zero-order chi connectivity index (χ0) is 14.8. The Kier molecular flexibility index (Phi) is 4.04. The summed E-state index contributed by atoms with van der Waals surface area (Å²) in [5, 5.41) is 3.08. The first-order valence-electron chi connectivity index (χ1n) is 7.70. The molecule has 1 amide bonds. The molecule has 21 heavy (non-hydrogen) atoms. The summed E-state index contributed by atoms with van der Waals surface area (Å²) in [6.45, 7) is 0.549. The van der Waals surface area contributed by atoms with Crippen LogP contribution in [0.15, 0.2) is 18.2 Å². The van der Waals surface area contributed by atoms with Gasteiger partial charge in [0.2, 0.25) is 5.91 Å². The highest BCUT2D eigenvalue weighted by Crippen LogP contribution is 2.48. The summed E-state index contributed by atoms with van der Waals surface area (Å²) in [6, 6.07) is 5.75. The Morgan fingerprint density at radius 3 is 2.62 bits per heavy atom. The fourth-order valence-electron chi connectivity index (χ4n) is 3.88. The summed E-state index contributed by atoms with van der Waals surface area (Å²) >= 11 is 0. The van der Waals surface area contributed by atoms with Crippen LogP contribution >= 0.6 is 0 Å². The van der Waals surface area contributed by atoms with Crippen LogP contribution in [0.2, 0.25) is 0 Å². The number of carbonyl (C=O) groups is 1. The fraction of sp³-hybridized carbons (Fsp3) is 0.588. The van der Waals surface area contributed by atoms with Crippen molar-refractivity contribution in [1.29, 1.82) is 0 Å². The van der Waals surface area contributed by atoms with Gasteiger partial charge in [0.15, 0.2) is 11.5 Å². The van der Waals surface area contributed by atoms with Crippen molar-refractivity contribution in [3.8, 4) is 11.5 Å². The predicted molar refractivity (Wildman–Crippen MR) is 80.3 cm³/mol. The van der Waals surface area contributed by atoms with Crippen molar-refractivity contribution in [3.05, 3.63) is 23.8 Å². The lowest BCUT2D eigenvalue weighted by Gasteiger charge is -2.21. The van der Waals surface area contributed by atoms with Gasteiger partial charge in [0.05, 0.1) is 14.2 Å². The molecule has 4 heteroatoms. The lowest BCUT2D eigenvalue weighted by atomic mass is 9.88. The molecular weight excluding hydrogens is 266 g/mol. The number of benzene rings is 1. The van der Waals surface area contributed by atoms with Crippen molar-refractivity contribution < 1.29 is 14.3 Å². The highest BCUT2D eigenvalue weighted by molar-refractivity contribution is 5.79. The van der Waals surface area contributed by atoms with Crippen LogP contribution in [0.5, 0.6) is 11.5 Å². The quantitative estimate of drug-likeness (QED) is 0.906. The van der Waals surface area contributed by atoms with Crippen molar-refractivity contribution in [3.63, 3.8) is 0 Å². The van der Waals surface area contributed by atoms with E-state index in [0.717, 1.165) is 17.9 Å². The third kappa shape index (κ3) is 2.85. The Morgan fingerprint density at radius 2 is 2.00 bits per heavy atom. The standard InChI is InChI=1S/C17H23NO3/c1-20-15-6-4-12(9-16(15)21-2)10-18-17(19)14-8-11-3-5-13(14)7-11/h4,6,9,11,13-14H,3,5,7-8,10H2,1-2H3,(H,18,19). The van der Waals surface area contributed by atoms with Gasteiger partial charge in [-0.15, -0.1) is 0 Å². The van der Waals surface area contributed by atoms with Crippen LogP contribution in [-0.4, -0.2) is 20.1 Å². The Hall–Kier alpha value is -1.71. The van der Waals surface area contributed by atoms with E-state index in [-0.39, 0.29) is 11.8 Å². The maximum atomic E-state index is 12.3. The zero-order valence-corrected chi connectivity index (χ0v) is 12.7. The molecule has 3 atom stereocenters. The van der Waals surface area contributed by atoms with E-state index in [0.29, 0.717) is 24.0 Å². The largest absolute Gasteiger partial charge is 0.493 e. The van der Waals surface area contributed by atoms with Gasteiger partial charge in [-0.05, 0) is 48.8 Å². The molecule has 114 valence electrons. The number of carbonyl (C=O) groups excluding carboxylic acids is 1. The Labute approximate surface area is 125 Å². The van der Waals surface area contributed by atoms with E-state index in [1.54, 1.807) is 14.2 Å². The molecule has 0 aliphatic heterocycles. The third-order valence-electron chi connectivity index (χ3n) is 4.99. The molecule has 1 aromatic rings. The average molecular weight is 289 g/mol. The zero-order valence-electron chi connectivity index (χ0n) is 12.7. The molecule has 2 aliphatic carbocycles. The molecule has 0 aromatic heterocycles. The van der Waals surface area contributed by atoms with Crippen LogP contribution in [-0.2, 0) is 11.3 Å². The fourth-order valence-corrected chi connectivity index (χ4v) is 3.88. The summed E-state index contributed by atoms with van der Waals surface area (Å²) in [7, 11) is 3.24. The summed E-state index contributed by atoms with van der Waals surface area (Å²) in [4.78, 5) is 12.3. The monoisotopic (exact) mass is 289 g/mol. The van der Waals surface area contributed by atoms with Gasteiger partial charge in [-0.1, -0.05) is 12.5 Å². The topological polar surface area (TPSA) is 47.6 Å². The molecule has 0 radical (unpaired) electrons. The summed E-state index contributed by atoms with van der Waals surface area (Å²) in [6.07, 6.45) is 4.90. The molecule has 0 saturated heterocycles. The first-order chi connectivity index (χ1) is 10.2. The van der Waals surface area contributed by atoms with Gasteiger partial charge in [-0.2, -0.15) is 0 Å². The third-order valence-corrected chi connectivity index (χ3v) is 4.99. The van der Waals surface area contributed by atoms with Crippen LogP contribution in [0.3, 0.4) is 0 Å². The first kappa shape index (κ1) is 14.2. The van der Waals surface area contributed by atoms with Gasteiger partial charge in [0.25, 0.3) is 0 Å². The predicted octanol–water partition coefficient (Wildman–Crippen LogP) is 2.76. The van der Waals surface area contributed by atoms with Crippen molar-refractivity contribution in [2.45, 2.75) is 32.2 Å². The van der Waals surface area contributed by atoms with E-state index in [1.165, 1.54) is 19.3 Å². The van der Waals surface area contributed by atoms with Gasteiger partial charge < -0.3 is 14.8 Å². The van der Waals surface area contributed by atoms with Crippen molar-refractivity contribution >= 4 is 5.91 Å². The maximum absolute atomic E-state index is 12.3. The summed E-state index contributed by atoms with van der Waals surface area (Å²) in [5.74, 6) is 3.29.